The van der Waals surface area contributed by atoms with Crippen LogP contribution in [0.15, 0.2) is 76.5 Å². The Balaban J connectivity index is 1.71. The summed E-state index contributed by atoms with van der Waals surface area (Å²) < 4.78 is 70.6. The summed E-state index contributed by atoms with van der Waals surface area (Å²) in [6.07, 6.45) is 0.478. The number of benzene rings is 3. The van der Waals surface area contributed by atoms with Gasteiger partial charge in [-0.15, -0.1) is 0 Å². The first-order valence-corrected chi connectivity index (χ1v) is 16.0. The lowest BCUT2D eigenvalue weighted by atomic mass is 10.1. The van der Waals surface area contributed by atoms with Gasteiger partial charge >= 0.3 is 6.09 Å². The van der Waals surface area contributed by atoms with Crippen molar-refractivity contribution in [2.24, 2.45) is 0 Å². The summed E-state index contributed by atoms with van der Waals surface area (Å²) in [5.41, 5.74) is 1.05. The largest absolute Gasteiger partial charge is 0.495 e. The van der Waals surface area contributed by atoms with Crippen molar-refractivity contribution in [1.29, 1.82) is 0 Å². The van der Waals surface area contributed by atoms with Crippen molar-refractivity contribution in [2.75, 3.05) is 20.0 Å². The van der Waals surface area contributed by atoms with Gasteiger partial charge in [-0.25, -0.2) is 25.6 Å². The highest BCUT2D eigenvalue weighted by Gasteiger charge is 2.33. The van der Waals surface area contributed by atoms with Gasteiger partial charge in [-0.2, -0.15) is 0 Å². The summed E-state index contributed by atoms with van der Waals surface area (Å²) in [7, 11) is -6.37. The zero-order valence-corrected chi connectivity index (χ0v) is 24.8. The molecule has 10 nitrogen and oxygen atoms in total. The molecule has 1 aliphatic heterocycles. The lowest BCUT2D eigenvalue weighted by Gasteiger charge is -2.21. The van der Waals surface area contributed by atoms with Gasteiger partial charge in [0.15, 0.2) is 9.84 Å². The molecule has 216 valence electrons. The normalized spacial score (nSPS) is 15.3. The van der Waals surface area contributed by atoms with Crippen LogP contribution in [0, 0.1) is 0 Å². The Labute approximate surface area is 238 Å². The topological polar surface area (TPSA) is 130 Å². The van der Waals surface area contributed by atoms with Crippen molar-refractivity contribution in [3.05, 3.63) is 72.3 Å². The summed E-state index contributed by atoms with van der Waals surface area (Å²) in [5.74, 6) is 0.522. The molecule has 3 aromatic carbocycles. The number of amides is 1. The lowest BCUT2D eigenvalue weighted by Crippen LogP contribution is -2.35. The van der Waals surface area contributed by atoms with Gasteiger partial charge in [0.25, 0.3) is 10.0 Å². The third-order valence-corrected chi connectivity index (χ3v) is 9.40. The number of hydrogen-bond acceptors (Lipinski definition) is 8. The number of nitrogens with zero attached hydrogens (tertiary/aromatic N) is 1. The van der Waals surface area contributed by atoms with E-state index in [9.17, 15) is 21.6 Å². The molecule has 12 heteroatoms. The van der Waals surface area contributed by atoms with Gasteiger partial charge < -0.3 is 19.5 Å². The minimum Gasteiger partial charge on any atom is -0.495 e. The van der Waals surface area contributed by atoms with Gasteiger partial charge in [-0.1, -0.05) is 30.3 Å². The van der Waals surface area contributed by atoms with Crippen LogP contribution < -0.4 is 14.8 Å². The molecule has 1 unspecified atom stereocenters. The Hall–Kier alpha value is -4.03. The maximum atomic E-state index is 14.0. The van der Waals surface area contributed by atoms with E-state index < -0.39 is 37.6 Å². The van der Waals surface area contributed by atoms with E-state index >= 15 is 0 Å². The highest BCUT2D eigenvalue weighted by molar-refractivity contribution is 7.91. The Kier molecular flexibility index (Phi) is 7.03. The molecular formula is C29H30N2O8S2. The molecule has 1 aliphatic rings. The molecule has 1 atom stereocenters. The molecule has 2 heterocycles. The minimum absolute atomic E-state index is 0.0161. The van der Waals surface area contributed by atoms with Crippen LogP contribution in [0.2, 0.25) is 0 Å². The van der Waals surface area contributed by atoms with E-state index in [0.29, 0.717) is 27.8 Å². The van der Waals surface area contributed by atoms with E-state index in [1.807, 2.05) is 0 Å². The number of aromatic nitrogens is 1. The third-order valence-electron chi connectivity index (χ3n) is 6.52. The van der Waals surface area contributed by atoms with Crippen LogP contribution in [0.5, 0.6) is 11.5 Å². The molecule has 0 saturated carbocycles. The smallest absolute Gasteiger partial charge is 0.408 e. The highest BCUT2D eigenvalue weighted by Crippen LogP contribution is 2.44. The number of nitrogens with one attached hydrogen (secondary N) is 1. The van der Waals surface area contributed by atoms with Gasteiger partial charge in [0.1, 0.15) is 28.6 Å². The molecule has 1 N–H and O–H groups in total. The first-order valence-electron chi connectivity index (χ1n) is 12.7. The second kappa shape index (κ2) is 10.1. The Morgan fingerprint density at radius 1 is 1.00 bits per heavy atom. The van der Waals surface area contributed by atoms with E-state index in [1.54, 1.807) is 57.2 Å². The highest BCUT2D eigenvalue weighted by atomic mass is 32.2. The number of fused-ring (bicyclic) bond motifs is 3. The van der Waals surface area contributed by atoms with Crippen molar-refractivity contribution in [3.63, 3.8) is 0 Å². The predicted octanol–water partition coefficient (Wildman–Crippen LogP) is 4.92. The van der Waals surface area contributed by atoms with Crippen molar-refractivity contribution in [1.82, 2.24) is 9.29 Å². The average molecular weight is 599 g/mol. The van der Waals surface area contributed by atoms with Gasteiger partial charge in [0.05, 0.1) is 29.3 Å². The number of rotatable bonds is 6. The fourth-order valence-corrected chi connectivity index (χ4v) is 7.17. The summed E-state index contributed by atoms with van der Waals surface area (Å²) >= 11 is 0. The van der Waals surface area contributed by atoms with Gasteiger partial charge in [-0.3, -0.25) is 0 Å². The van der Waals surface area contributed by atoms with E-state index in [0.717, 1.165) is 6.26 Å². The van der Waals surface area contributed by atoms with Crippen LogP contribution in [0.25, 0.3) is 22.2 Å². The molecule has 0 radical (unpaired) electrons. The maximum Gasteiger partial charge on any atom is 0.408 e. The minimum atomic E-state index is -4.12. The first kappa shape index (κ1) is 28.5. The summed E-state index contributed by atoms with van der Waals surface area (Å²) in [6, 6.07) is 17.0. The first-order chi connectivity index (χ1) is 19.2. The van der Waals surface area contributed by atoms with Gasteiger partial charge in [-0.05, 0) is 57.2 Å². The van der Waals surface area contributed by atoms with Crippen molar-refractivity contribution < 1.29 is 35.8 Å². The van der Waals surface area contributed by atoms with Crippen LogP contribution >= 0.6 is 0 Å². The van der Waals surface area contributed by atoms with E-state index in [4.69, 9.17) is 14.2 Å². The molecule has 41 heavy (non-hydrogen) atoms. The van der Waals surface area contributed by atoms with E-state index in [2.05, 4.69) is 5.32 Å². The van der Waals surface area contributed by atoms with Crippen LogP contribution in [-0.2, 0) is 24.6 Å². The van der Waals surface area contributed by atoms with Crippen molar-refractivity contribution in [2.45, 2.75) is 42.2 Å². The second-order valence-corrected chi connectivity index (χ2v) is 14.4. The maximum absolute atomic E-state index is 14.0. The van der Waals surface area contributed by atoms with Gasteiger partial charge in [0, 0.05) is 22.8 Å². The van der Waals surface area contributed by atoms with E-state index in [-0.39, 0.29) is 27.8 Å². The standard InChI is InChI=1S/C29H30N2O8S2/c1-29(2,3)39-28(32)30-22-17-38-27-20(22)12-13-23-21(27)16-24(31(23)41(35,36)19-9-7-6-8-10-19)18-11-14-26(40(5,33)34)25(15-18)37-4/h6-16,22H,17H2,1-5H3,(H,30,32). The molecule has 1 amide bonds. The monoisotopic (exact) mass is 598 g/mol. The average Bonchev–Trinajstić information content (AvgIpc) is 3.49. The Morgan fingerprint density at radius 2 is 1.71 bits per heavy atom. The number of sulfone groups is 1. The van der Waals surface area contributed by atoms with Crippen LogP contribution in [0.4, 0.5) is 4.79 Å². The molecule has 0 spiro atoms. The predicted molar refractivity (Wildman–Crippen MR) is 154 cm³/mol. The number of hydrogen-bond donors (Lipinski definition) is 1. The molecule has 1 aromatic heterocycles. The molecule has 0 saturated heterocycles. The molecule has 0 bridgehead atoms. The summed E-state index contributed by atoms with van der Waals surface area (Å²) in [4.78, 5) is 12.5. The zero-order valence-electron chi connectivity index (χ0n) is 23.2. The van der Waals surface area contributed by atoms with Gasteiger partial charge in [0.2, 0.25) is 0 Å². The molecule has 4 aromatic rings. The Morgan fingerprint density at radius 3 is 2.34 bits per heavy atom. The lowest BCUT2D eigenvalue weighted by molar-refractivity contribution is 0.0497. The second-order valence-electron chi connectivity index (χ2n) is 10.7. The molecule has 5 rings (SSSR count). The fourth-order valence-electron chi connectivity index (χ4n) is 4.80. The van der Waals surface area contributed by atoms with Crippen LogP contribution in [-0.4, -0.2) is 52.5 Å². The van der Waals surface area contributed by atoms with Crippen molar-refractivity contribution >= 4 is 36.9 Å². The summed E-state index contributed by atoms with van der Waals surface area (Å²) in [5, 5.41) is 3.33. The van der Waals surface area contributed by atoms with Crippen molar-refractivity contribution in [3.8, 4) is 22.8 Å². The Bertz CT molecular complexity index is 1870. The molecular weight excluding hydrogens is 568 g/mol. The molecule has 0 aliphatic carbocycles. The van der Waals surface area contributed by atoms with E-state index in [1.165, 1.54) is 41.4 Å². The SMILES string of the molecule is COc1cc(-c2cc3c4c(ccc3n2S(=O)(=O)c2ccccc2)C(NC(=O)OC(C)(C)C)CO4)ccc1S(C)(=O)=O. The van der Waals surface area contributed by atoms with Crippen LogP contribution in [0.3, 0.4) is 0 Å². The number of carbonyl (C=O) groups excluding carboxylic acids is 1. The number of carbonyl (C=O) groups is 1. The third kappa shape index (κ3) is 5.36. The number of alkyl carbamates (subject to hydrolysis) is 1. The van der Waals surface area contributed by atoms with Crippen LogP contribution in [0.1, 0.15) is 32.4 Å². The zero-order chi connectivity index (χ0) is 29.7. The molecule has 0 fully saturated rings. The summed E-state index contributed by atoms with van der Waals surface area (Å²) in [6.45, 7) is 5.44. The number of methoxy groups -OCH3 is 1. The fraction of sp³-hybridized carbons (Fsp3) is 0.276. The quantitative estimate of drug-likeness (QED) is 0.331. The number of ether oxygens (including phenoxy) is 3.